The number of halogens is 16. The van der Waals surface area contributed by atoms with E-state index in [0.29, 0.717) is 9.75 Å². The first-order valence-corrected chi connectivity index (χ1v) is 33.3. The second-order valence-electron chi connectivity index (χ2n) is 19.6. The number of carbonyl (C=O) groups is 2. The average molecular weight is 1510 g/mol. The Labute approximate surface area is 598 Å². The largest absolute Gasteiger partial charge is 1.00 e. The van der Waals surface area contributed by atoms with Gasteiger partial charge >= 0.3 is 60.1 Å². The molecule has 8 aromatic heterocycles. The van der Waals surface area contributed by atoms with Crippen molar-refractivity contribution in [3.63, 3.8) is 0 Å². The molecule has 0 aliphatic carbocycles. The quantitative estimate of drug-likeness (QED) is 0.0320. The summed E-state index contributed by atoms with van der Waals surface area (Å²) in [6.45, 7) is 9.59. The Kier molecular flexibility index (Phi) is 26.0. The van der Waals surface area contributed by atoms with Crippen molar-refractivity contribution in [2.45, 2.75) is 46.8 Å². The Morgan fingerprint density at radius 2 is 0.670 bits per heavy atom. The zero-order chi connectivity index (χ0) is 68.9. The van der Waals surface area contributed by atoms with Crippen molar-refractivity contribution in [2.24, 2.45) is 0 Å². The van der Waals surface area contributed by atoms with Crippen LogP contribution >= 0.6 is 99.4 Å². The fourth-order valence-electron chi connectivity index (χ4n) is 8.48. The second-order valence-corrected chi connectivity index (χ2v) is 28.7. The van der Waals surface area contributed by atoms with E-state index in [9.17, 15) is 89.5 Å². The summed E-state index contributed by atoms with van der Waals surface area (Å²) in [6.07, 6.45) is 6.09. The number of hydrogen-bond donors (Lipinski definition) is 0. The summed E-state index contributed by atoms with van der Waals surface area (Å²) in [5.74, 6) is -30.6. The van der Waals surface area contributed by atoms with Gasteiger partial charge in [0.1, 0.15) is 0 Å². The Morgan fingerprint density at radius 1 is 0.426 bits per heavy atom. The molecule has 0 spiro atoms. The van der Waals surface area contributed by atoms with E-state index >= 15 is 0 Å². The molecule has 0 aliphatic rings. The molecule has 0 N–H and O–H groups in total. The summed E-state index contributed by atoms with van der Waals surface area (Å²) in [7, 11) is -1.92. The number of benzene rings is 5. The molecule has 0 saturated carbocycles. The first-order valence-electron chi connectivity index (χ1n) is 26.8. The molecular formula is C62H38F16KO6PS8. The normalized spacial score (nSPS) is 11.7. The molecule has 0 atom stereocenters. The van der Waals surface area contributed by atoms with E-state index in [1.165, 1.54) is 96.5 Å². The van der Waals surface area contributed by atoms with Crippen molar-refractivity contribution < 1.29 is 152 Å². The minimum absolute atomic E-state index is 0. The van der Waals surface area contributed by atoms with Gasteiger partial charge in [0.15, 0.2) is 82.4 Å². The predicted octanol–water partition coefficient (Wildman–Crippen LogP) is 20.3. The van der Waals surface area contributed by atoms with Gasteiger partial charge in [0.2, 0.25) is 17.5 Å². The molecule has 32 heteroatoms. The van der Waals surface area contributed by atoms with Gasteiger partial charge in [-0.25, -0.2) is 70.4 Å². The SMILES string of the molecule is CC(C)(C)[O-].CCOCC.Fc1c(F)c(F)c(/C=C/c2cc3sc4cc5c(cc4c3s2)sc2cc(/C=C/c3c(F)c(F)c(F)c(F)c3F)sc25)c(F)c1F.O=Cc1cc2sc3cc4c(cc3c2s1)sc1cc(C=O)sc14.O=POCc1c(F)c(F)c(F)c(F)c1F.[2H]CF.[K+]. The van der Waals surface area contributed by atoms with E-state index in [-0.39, 0.29) is 51.4 Å². The Hall–Kier alpha value is -4.90. The fourth-order valence-corrected chi connectivity index (χ4v) is 18.3. The van der Waals surface area contributed by atoms with E-state index in [4.69, 9.17) is 6.11 Å². The van der Waals surface area contributed by atoms with Crippen molar-refractivity contribution in [2.75, 3.05) is 20.4 Å². The molecule has 94 heavy (non-hydrogen) atoms. The van der Waals surface area contributed by atoms with Gasteiger partial charge < -0.3 is 9.84 Å². The molecule has 13 rings (SSSR count). The smallest absolute Gasteiger partial charge is 0.850 e. The molecule has 13 aromatic rings. The summed E-state index contributed by atoms with van der Waals surface area (Å²) in [5.41, 5.74) is -3.98. The maximum absolute atomic E-state index is 14.0. The number of thiophene rings is 8. The van der Waals surface area contributed by atoms with E-state index in [1.54, 1.807) is 78.3 Å². The van der Waals surface area contributed by atoms with Crippen LogP contribution in [0.5, 0.6) is 0 Å². The Balaban J connectivity index is 0.000000206. The van der Waals surface area contributed by atoms with E-state index in [0.717, 1.165) is 86.7 Å². The van der Waals surface area contributed by atoms with Crippen LogP contribution in [0.25, 0.3) is 102 Å². The van der Waals surface area contributed by atoms with Crippen molar-refractivity contribution in [3.8, 4) is 0 Å². The monoisotopic (exact) mass is 1510 g/mol. The minimum atomic E-state index is -2.24. The summed E-state index contributed by atoms with van der Waals surface area (Å²) < 4.78 is 247. The van der Waals surface area contributed by atoms with Crippen molar-refractivity contribution in [3.05, 3.63) is 172 Å². The van der Waals surface area contributed by atoms with Gasteiger partial charge in [-0.1, -0.05) is 20.8 Å². The number of alkyl halides is 1. The standard InChI is InChI=1S/C30H8F10S4.C16H6O2S4.C7H2F5O2P.C4H9O.C4H10O.CH3F.K/c31-19-11(20(32)24(36)27(39)23(19)35)3-1-9-5-17-29(41-9)13-7-16-14(8-15(13)43-17)30-18(44-16)6-10(42-30)2-4-12-21(33)25(37)28(40)26(38)22(12)34;17-5-7-1-13-15(19-7)9-3-12-10(4-11(9)21-13)16-14(22-12)2-8(6-18)20-16;8-3-2(1-14-15-13)4(9)6(11)7(12)5(3)10;1-4(2,3)5;1-3-5-4-2;1-2;/h1-8H;1-6H;1H2;1-3H3;3-4H2,1-2H3;1H3;/q;;;-1;;;+1/b3-1+,4-2+;;;;;;/i;;;;;1D;. The molecule has 6 nitrogen and oxygen atoms in total. The number of rotatable bonds is 11. The van der Waals surface area contributed by atoms with Gasteiger partial charge in [-0.3, -0.25) is 18.5 Å². The second kappa shape index (κ2) is 32.6. The number of fused-ring (bicyclic) bond motifs is 12. The molecule has 0 fully saturated rings. The first kappa shape index (κ1) is 74.9. The van der Waals surface area contributed by atoms with Crippen LogP contribution in [0.3, 0.4) is 0 Å². The Morgan fingerprint density at radius 3 is 0.915 bits per heavy atom. The number of hydrogen-bond acceptors (Lipinski definition) is 14. The summed E-state index contributed by atoms with van der Waals surface area (Å²) in [5, 5.41) is 14.4. The first-order chi connectivity index (χ1) is 44.5. The predicted molar refractivity (Wildman–Crippen MR) is 345 cm³/mol. The van der Waals surface area contributed by atoms with Gasteiger partial charge in [-0.15, -0.1) is 96.3 Å². The molecular weight excluding hydrogens is 1470 g/mol. The van der Waals surface area contributed by atoms with Crippen LogP contribution in [-0.4, -0.2) is 38.5 Å². The van der Waals surface area contributed by atoms with Crippen LogP contribution in [0.2, 0.25) is 0 Å². The van der Waals surface area contributed by atoms with Gasteiger partial charge in [-0.05, 0) is 86.7 Å². The molecule has 8 heterocycles. The number of aldehydes is 2. The van der Waals surface area contributed by atoms with Crippen LogP contribution in [0.1, 0.15) is 81.8 Å². The maximum atomic E-state index is 14.0. The van der Waals surface area contributed by atoms with E-state index < -0.39 is 132 Å². The third-order valence-electron chi connectivity index (χ3n) is 12.4. The fraction of sp³-hybridized carbons (Fsp3) is 0.161. The zero-order valence-corrected chi connectivity index (χ0v) is 59.2. The van der Waals surface area contributed by atoms with Gasteiger partial charge in [0.05, 0.1) is 60.4 Å². The van der Waals surface area contributed by atoms with Crippen LogP contribution in [0.4, 0.5) is 70.2 Å². The van der Waals surface area contributed by atoms with Crippen LogP contribution in [0.15, 0.2) is 48.5 Å². The van der Waals surface area contributed by atoms with Crippen LogP contribution < -0.4 is 56.5 Å². The minimum Gasteiger partial charge on any atom is -0.850 e. The van der Waals surface area contributed by atoms with E-state index in [1.807, 2.05) is 38.1 Å². The zero-order valence-electron chi connectivity index (χ0n) is 49.6. The third kappa shape index (κ3) is 16.3. The average Bonchev–Trinajstić information content (AvgIpc) is 1.59. The van der Waals surface area contributed by atoms with E-state index in [2.05, 4.69) is 16.7 Å². The van der Waals surface area contributed by atoms with Gasteiger partial charge in [-0.2, -0.15) is 0 Å². The summed E-state index contributed by atoms with van der Waals surface area (Å²) >= 11 is 12.0. The number of ether oxygens (including phenoxy) is 1. The molecule has 5 aromatic carbocycles. The van der Waals surface area contributed by atoms with Crippen molar-refractivity contribution >= 4 is 214 Å². The van der Waals surface area contributed by atoms with Gasteiger partial charge in [0.25, 0.3) is 0 Å². The number of carbonyl (C=O) groups excluding carboxylic acids is 2. The maximum Gasteiger partial charge on any atom is 1.00 e. The van der Waals surface area contributed by atoms with Crippen LogP contribution in [0, 0.1) is 87.3 Å². The van der Waals surface area contributed by atoms with Gasteiger partial charge in [0, 0.05) is 82.1 Å². The molecule has 488 valence electrons. The van der Waals surface area contributed by atoms with Crippen LogP contribution in [-0.2, 0) is 20.4 Å². The summed E-state index contributed by atoms with van der Waals surface area (Å²) in [6, 6.07) is 15.8. The topological polar surface area (TPSA) is 92.7 Å². The molecule has 0 amide bonds. The Bertz CT molecular complexity index is 4740. The third-order valence-corrected chi connectivity index (χ3v) is 22.0. The molecule has 0 unspecified atom stereocenters. The van der Waals surface area contributed by atoms with Crippen molar-refractivity contribution in [1.82, 2.24) is 0 Å². The summed E-state index contributed by atoms with van der Waals surface area (Å²) in [4.78, 5) is 24.6. The molecule has 0 bridgehead atoms. The molecule has 0 aliphatic heterocycles. The van der Waals surface area contributed by atoms with Crippen molar-refractivity contribution in [1.29, 1.82) is 0 Å². The molecule has 0 radical (unpaired) electrons. The molecule has 0 saturated heterocycles.